The second-order valence-electron chi connectivity index (χ2n) is 4.77. The maximum atomic E-state index is 5.78. The minimum Gasteiger partial charge on any atom is -0.455 e. The molecule has 3 heteroatoms. The fourth-order valence-corrected chi connectivity index (χ4v) is 2.06. The molecule has 1 N–H and O–H groups in total. The predicted molar refractivity (Wildman–Crippen MR) is 83.2 cm³/mol. The second-order valence-corrected chi connectivity index (χ2v) is 4.77. The standard InChI is InChI=1S/C17H16N2O/c1-12-7-3-5-9-15(12)19-18-13(2)17-11-14-8-4-6-10-16(14)20-17/h3-11,19H,1-2H3/b18-13-. The lowest BCUT2D eigenvalue weighted by molar-refractivity contribution is 0.604. The summed E-state index contributed by atoms with van der Waals surface area (Å²) in [6.45, 7) is 3.98. The quantitative estimate of drug-likeness (QED) is 0.555. The Balaban J connectivity index is 1.86. The minimum absolute atomic E-state index is 0.785. The molecule has 1 heterocycles. The lowest BCUT2D eigenvalue weighted by atomic mass is 10.2. The highest BCUT2D eigenvalue weighted by molar-refractivity contribution is 6.00. The summed E-state index contributed by atoms with van der Waals surface area (Å²) in [7, 11) is 0. The van der Waals surface area contributed by atoms with Crippen molar-refractivity contribution in [1.29, 1.82) is 0 Å². The summed E-state index contributed by atoms with van der Waals surface area (Å²) in [5.41, 5.74) is 6.95. The summed E-state index contributed by atoms with van der Waals surface area (Å²) in [6, 6.07) is 18.0. The van der Waals surface area contributed by atoms with Gasteiger partial charge in [-0.15, -0.1) is 0 Å². The van der Waals surface area contributed by atoms with Crippen LogP contribution >= 0.6 is 0 Å². The molecule has 0 amide bonds. The molecule has 0 saturated carbocycles. The molecule has 2 aromatic carbocycles. The Morgan fingerprint density at radius 3 is 2.60 bits per heavy atom. The lowest BCUT2D eigenvalue weighted by Gasteiger charge is -2.04. The molecule has 0 aliphatic heterocycles. The molecular formula is C17H16N2O. The van der Waals surface area contributed by atoms with E-state index in [1.54, 1.807) is 0 Å². The van der Waals surface area contributed by atoms with Gasteiger partial charge in [-0.05, 0) is 37.6 Å². The van der Waals surface area contributed by atoms with E-state index in [9.17, 15) is 0 Å². The number of fused-ring (bicyclic) bond motifs is 1. The third-order valence-corrected chi connectivity index (χ3v) is 3.27. The van der Waals surface area contributed by atoms with Crippen LogP contribution in [0.25, 0.3) is 11.0 Å². The summed E-state index contributed by atoms with van der Waals surface area (Å²) in [5.74, 6) is 0.785. The van der Waals surface area contributed by atoms with Gasteiger partial charge in [0.1, 0.15) is 11.3 Å². The van der Waals surface area contributed by atoms with Gasteiger partial charge in [-0.1, -0.05) is 36.4 Å². The molecule has 0 unspecified atom stereocenters. The Labute approximate surface area is 117 Å². The summed E-state index contributed by atoms with van der Waals surface area (Å²) in [6.07, 6.45) is 0. The van der Waals surface area contributed by atoms with Gasteiger partial charge in [-0.25, -0.2) is 0 Å². The van der Waals surface area contributed by atoms with Crippen LogP contribution in [0.3, 0.4) is 0 Å². The van der Waals surface area contributed by atoms with E-state index in [-0.39, 0.29) is 0 Å². The lowest BCUT2D eigenvalue weighted by Crippen LogP contribution is -1.99. The van der Waals surface area contributed by atoms with Crippen LogP contribution < -0.4 is 5.43 Å². The number of nitrogens with zero attached hydrogens (tertiary/aromatic N) is 1. The smallest absolute Gasteiger partial charge is 0.151 e. The first-order valence-electron chi connectivity index (χ1n) is 6.59. The van der Waals surface area contributed by atoms with Gasteiger partial charge in [0.15, 0.2) is 5.76 Å². The van der Waals surface area contributed by atoms with E-state index in [0.717, 1.165) is 33.7 Å². The average Bonchev–Trinajstić information content (AvgIpc) is 2.90. The monoisotopic (exact) mass is 264 g/mol. The van der Waals surface area contributed by atoms with E-state index in [0.29, 0.717) is 0 Å². The normalized spacial score (nSPS) is 11.8. The fraction of sp³-hybridized carbons (Fsp3) is 0.118. The molecule has 3 rings (SSSR count). The van der Waals surface area contributed by atoms with Gasteiger partial charge in [-0.2, -0.15) is 5.10 Å². The Kier molecular flexibility index (Phi) is 3.25. The minimum atomic E-state index is 0.785. The number of para-hydroxylation sites is 2. The summed E-state index contributed by atoms with van der Waals surface area (Å²) in [5, 5.41) is 5.48. The SMILES string of the molecule is C/C(=N/Nc1ccccc1C)c1cc2ccccc2o1. The van der Waals surface area contributed by atoms with Crippen LogP contribution in [0.2, 0.25) is 0 Å². The molecule has 0 radical (unpaired) electrons. The van der Waals surface area contributed by atoms with Gasteiger partial charge in [0.25, 0.3) is 0 Å². The molecule has 3 nitrogen and oxygen atoms in total. The Morgan fingerprint density at radius 2 is 1.80 bits per heavy atom. The zero-order valence-corrected chi connectivity index (χ0v) is 11.6. The van der Waals surface area contributed by atoms with Gasteiger partial charge in [0.2, 0.25) is 0 Å². The van der Waals surface area contributed by atoms with Crippen molar-refractivity contribution in [1.82, 2.24) is 0 Å². The second kappa shape index (κ2) is 5.21. The number of aryl methyl sites for hydroxylation is 1. The van der Waals surface area contributed by atoms with Crippen molar-refractivity contribution in [3.63, 3.8) is 0 Å². The third kappa shape index (κ3) is 2.43. The van der Waals surface area contributed by atoms with E-state index < -0.39 is 0 Å². The molecule has 0 atom stereocenters. The molecule has 20 heavy (non-hydrogen) atoms. The van der Waals surface area contributed by atoms with Crippen LogP contribution in [-0.4, -0.2) is 5.71 Å². The number of furan rings is 1. The van der Waals surface area contributed by atoms with Crippen LogP contribution in [-0.2, 0) is 0 Å². The summed E-state index contributed by atoms with van der Waals surface area (Å²) in [4.78, 5) is 0. The van der Waals surface area contributed by atoms with Crippen molar-refractivity contribution in [2.75, 3.05) is 5.43 Å². The summed E-state index contributed by atoms with van der Waals surface area (Å²) >= 11 is 0. The van der Waals surface area contributed by atoms with E-state index in [4.69, 9.17) is 4.42 Å². The zero-order chi connectivity index (χ0) is 13.9. The van der Waals surface area contributed by atoms with Gasteiger partial charge in [0, 0.05) is 5.39 Å². The number of anilines is 1. The fourth-order valence-electron chi connectivity index (χ4n) is 2.06. The van der Waals surface area contributed by atoms with Crippen molar-refractivity contribution in [3.8, 4) is 0 Å². The van der Waals surface area contributed by atoms with E-state index in [1.165, 1.54) is 0 Å². The van der Waals surface area contributed by atoms with Crippen LogP contribution in [0.4, 0.5) is 5.69 Å². The van der Waals surface area contributed by atoms with E-state index in [2.05, 4.69) is 10.5 Å². The average molecular weight is 264 g/mol. The highest BCUT2D eigenvalue weighted by Gasteiger charge is 2.06. The molecule has 0 fully saturated rings. The highest BCUT2D eigenvalue weighted by Crippen LogP contribution is 2.20. The van der Waals surface area contributed by atoms with Crippen LogP contribution in [0.5, 0.6) is 0 Å². The van der Waals surface area contributed by atoms with Gasteiger partial charge in [-0.3, -0.25) is 5.43 Å². The van der Waals surface area contributed by atoms with Crippen molar-refractivity contribution in [2.45, 2.75) is 13.8 Å². The van der Waals surface area contributed by atoms with Gasteiger partial charge < -0.3 is 4.42 Å². The molecule has 0 aliphatic carbocycles. The van der Waals surface area contributed by atoms with E-state index >= 15 is 0 Å². The number of nitrogens with one attached hydrogen (secondary N) is 1. The molecule has 0 saturated heterocycles. The Hall–Kier alpha value is -2.55. The van der Waals surface area contributed by atoms with Gasteiger partial charge in [0.05, 0.1) is 5.69 Å². The third-order valence-electron chi connectivity index (χ3n) is 3.27. The first-order valence-corrected chi connectivity index (χ1v) is 6.59. The Morgan fingerprint density at radius 1 is 1.05 bits per heavy atom. The maximum absolute atomic E-state index is 5.78. The maximum Gasteiger partial charge on any atom is 0.151 e. The molecule has 0 spiro atoms. The number of hydrogen-bond acceptors (Lipinski definition) is 3. The van der Waals surface area contributed by atoms with Crippen LogP contribution in [0.1, 0.15) is 18.2 Å². The van der Waals surface area contributed by atoms with E-state index in [1.807, 2.05) is 68.4 Å². The molecule has 1 aromatic heterocycles. The number of hydrazone groups is 1. The first-order chi connectivity index (χ1) is 9.74. The molecule has 0 bridgehead atoms. The topological polar surface area (TPSA) is 37.5 Å². The van der Waals surface area contributed by atoms with Gasteiger partial charge >= 0.3 is 0 Å². The van der Waals surface area contributed by atoms with Crippen molar-refractivity contribution >= 4 is 22.4 Å². The largest absolute Gasteiger partial charge is 0.455 e. The molecule has 3 aromatic rings. The summed E-state index contributed by atoms with van der Waals surface area (Å²) < 4.78 is 5.78. The highest BCUT2D eigenvalue weighted by atomic mass is 16.3. The van der Waals surface area contributed by atoms with Crippen molar-refractivity contribution in [3.05, 3.63) is 65.9 Å². The van der Waals surface area contributed by atoms with Crippen LogP contribution in [0.15, 0.2) is 64.1 Å². The number of benzene rings is 2. The first kappa shape index (κ1) is 12.5. The van der Waals surface area contributed by atoms with Crippen molar-refractivity contribution in [2.24, 2.45) is 5.10 Å². The molecular weight excluding hydrogens is 248 g/mol. The number of rotatable bonds is 3. The molecule has 100 valence electrons. The number of hydrogen-bond donors (Lipinski definition) is 1. The molecule has 0 aliphatic rings. The Bertz CT molecular complexity index is 738. The van der Waals surface area contributed by atoms with Crippen molar-refractivity contribution < 1.29 is 4.42 Å². The zero-order valence-electron chi connectivity index (χ0n) is 11.6. The van der Waals surface area contributed by atoms with Crippen LogP contribution in [0, 0.1) is 6.92 Å². The predicted octanol–water partition coefficient (Wildman–Crippen LogP) is 4.58.